The molecule has 0 aliphatic carbocycles. The number of hydrogen-bond donors (Lipinski definition) is 3. The normalized spacial score (nSPS) is 15.0. The van der Waals surface area contributed by atoms with Gasteiger partial charge in [0.25, 0.3) is 5.91 Å². The third kappa shape index (κ3) is 10.6. The number of rotatable bonds is 10. The molecule has 0 spiro atoms. The minimum Gasteiger partial charge on any atom is -0.493 e. The van der Waals surface area contributed by atoms with Gasteiger partial charge in [-0.2, -0.15) is 0 Å². The van der Waals surface area contributed by atoms with Gasteiger partial charge in [-0.1, -0.05) is 59.1 Å². The van der Waals surface area contributed by atoms with Gasteiger partial charge in [0.2, 0.25) is 0 Å². The van der Waals surface area contributed by atoms with Gasteiger partial charge in [-0.3, -0.25) is 23.4 Å². The molecule has 0 saturated carbocycles. The molecule has 0 unspecified atom stereocenters. The number of nitrogen functional groups attached to an aromatic ring is 1. The zero-order chi connectivity index (χ0) is 44.1. The fraction of sp³-hybridized carbons (Fsp3) is 0.348. The van der Waals surface area contributed by atoms with E-state index >= 15 is 0 Å². The van der Waals surface area contributed by atoms with Crippen LogP contribution in [0.1, 0.15) is 40.9 Å². The summed E-state index contributed by atoms with van der Waals surface area (Å²) in [7, 11) is 3.12. The van der Waals surface area contributed by atoms with Gasteiger partial charge in [-0.05, 0) is 51.1 Å². The molecule has 3 aromatic carbocycles. The molecule has 2 amide bonds. The maximum Gasteiger partial charge on any atom is 0.410 e. The molecule has 63 heavy (non-hydrogen) atoms. The third-order valence-corrected chi connectivity index (χ3v) is 12.7. The summed E-state index contributed by atoms with van der Waals surface area (Å²) in [5.41, 5.74) is 11.1. The van der Waals surface area contributed by atoms with Crippen molar-refractivity contribution < 1.29 is 23.8 Å². The fourth-order valence-corrected chi connectivity index (χ4v) is 9.54. The van der Waals surface area contributed by atoms with Gasteiger partial charge in [0, 0.05) is 122 Å². The summed E-state index contributed by atoms with van der Waals surface area (Å²) in [5, 5.41) is 6.41. The maximum absolute atomic E-state index is 13.0. The highest BCUT2D eigenvalue weighted by Gasteiger charge is 2.26. The number of amides is 2. The van der Waals surface area contributed by atoms with Crippen molar-refractivity contribution in [2.24, 2.45) is 0 Å². The number of nitrogens with zero attached hydrogens (tertiary/aromatic N) is 7. The highest BCUT2D eigenvalue weighted by atomic mass is 32.1. The van der Waals surface area contributed by atoms with E-state index in [9.17, 15) is 9.59 Å². The molecule has 4 N–H and O–H groups in total. The summed E-state index contributed by atoms with van der Waals surface area (Å²) in [6.07, 6.45) is 8.12. The first-order valence-corrected chi connectivity index (χ1v) is 22.6. The average molecular weight is 891 g/mol. The molecule has 2 aliphatic rings. The van der Waals surface area contributed by atoms with Crippen LogP contribution in [0.2, 0.25) is 0 Å². The van der Waals surface area contributed by atoms with Crippen molar-refractivity contribution in [2.45, 2.75) is 39.5 Å². The Kier molecular flexibility index (Phi) is 13.3. The van der Waals surface area contributed by atoms with Crippen LogP contribution in [-0.4, -0.2) is 118 Å². The molecule has 17 heteroatoms. The number of benzene rings is 3. The standard InChI is InChI=1S/C25H27N5O3S.C21H27N5O2S/c1-32-22-8-7-17(13-23(22)33-2)24(31)27-20-6-4-3-5-19(20)21-16-30-15-18(34-25(30)28-21)14-29-11-9-26-10-12-29;1-21(2,3)28-20(27)25-10-8-24(9-11-25)12-15-13-26-14-18(23-19(26)29-15)16-6-4-5-7-17(16)22/h3-8,13,15-16,26H,9-12,14H2,1-2H3,(H,27,31);4-7,13-14H,8-12,22H2,1-3H3. The van der Waals surface area contributed by atoms with E-state index in [0.717, 1.165) is 90.5 Å². The number of carbonyl (C=O) groups is 2. The smallest absolute Gasteiger partial charge is 0.410 e. The molecule has 0 atom stereocenters. The molecule has 0 radical (unpaired) electrons. The summed E-state index contributed by atoms with van der Waals surface area (Å²) in [4.78, 5) is 45.8. The minimum atomic E-state index is -0.455. The molecule has 330 valence electrons. The number of hydrogen-bond acceptors (Lipinski definition) is 13. The average Bonchev–Trinajstić information content (AvgIpc) is 4.05. The Morgan fingerprint density at radius 2 is 1.30 bits per heavy atom. The highest BCUT2D eigenvalue weighted by Crippen LogP contribution is 2.32. The first kappa shape index (κ1) is 43.7. The SMILES string of the molecule is CC(C)(C)OC(=O)N1CCN(Cc2cn3cc(-c4ccccc4N)nc3s2)CC1.COc1ccc(C(=O)Nc2ccccc2-c2cn3cc(CN4CCNCC4)sc3n2)cc1OC. The van der Waals surface area contributed by atoms with E-state index in [4.69, 9.17) is 29.9 Å². The monoisotopic (exact) mass is 890 g/mol. The van der Waals surface area contributed by atoms with Gasteiger partial charge in [0.05, 0.1) is 31.3 Å². The lowest BCUT2D eigenvalue weighted by Crippen LogP contribution is -2.49. The van der Waals surface area contributed by atoms with Crippen molar-refractivity contribution in [2.75, 3.05) is 77.6 Å². The second-order valence-corrected chi connectivity index (χ2v) is 18.6. The maximum atomic E-state index is 13.0. The van der Waals surface area contributed by atoms with E-state index in [2.05, 4.69) is 41.6 Å². The number of para-hydroxylation sites is 2. The van der Waals surface area contributed by atoms with E-state index in [-0.39, 0.29) is 12.0 Å². The van der Waals surface area contributed by atoms with Crippen LogP contribution in [0, 0.1) is 0 Å². The molecule has 9 rings (SSSR count). The number of methoxy groups -OCH3 is 2. The van der Waals surface area contributed by atoms with Gasteiger partial charge >= 0.3 is 6.09 Å². The summed E-state index contributed by atoms with van der Waals surface area (Å²) in [6, 6.07) is 20.6. The number of anilines is 2. The number of ether oxygens (including phenoxy) is 3. The van der Waals surface area contributed by atoms with Crippen molar-refractivity contribution in [3.8, 4) is 34.0 Å². The van der Waals surface area contributed by atoms with E-state index in [0.29, 0.717) is 35.8 Å². The molecule has 2 aliphatic heterocycles. The van der Waals surface area contributed by atoms with Crippen molar-refractivity contribution in [3.05, 3.63) is 107 Å². The Bertz CT molecular complexity index is 2620. The number of piperazine rings is 2. The molecule has 7 aromatic rings. The van der Waals surface area contributed by atoms with Crippen molar-refractivity contribution in [3.63, 3.8) is 0 Å². The fourth-order valence-electron chi connectivity index (χ4n) is 7.54. The van der Waals surface area contributed by atoms with Crippen LogP contribution in [0.5, 0.6) is 11.5 Å². The predicted molar refractivity (Wildman–Crippen MR) is 250 cm³/mol. The number of nitrogens with one attached hydrogen (secondary N) is 2. The summed E-state index contributed by atoms with van der Waals surface area (Å²) >= 11 is 3.40. The Labute approximate surface area is 375 Å². The molecule has 2 saturated heterocycles. The van der Waals surface area contributed by atoms with E-state index < -0.39 is 5.60 Å². The lowest BCUT2D eigenvalue weighted by Gasteiger charge is -2.35. The number of carbonyl (C=O) groups excluding carboxylic acids is 2. The van der Waals surface area contributed by atoms with Crippen molar-refractivity contribution >= 4 is 56.0 Å². The lowest BCUT2D eigenvalue weighted by atomic mass is 10.1. The number of imidazole rings is 2. The minimum absolute atomic E-state index is 0.223. The number of nitrogens with two attached hydrogens (primary N) is 1. The van der Waals surface area contributed by atoms with Crippen LogP contribution < -0.4 is 25.8 Å². The third-order valence-electron chi connectivity index (χ3n) is 10.7. The van der Waals surface area contributed by atoms with Crippen LogP contribution in [0.15, 0.2) is 91.5 Å². The molecule has 0 bridgehead atoms. The molecular weight excluding hydrogens is 837 g/mol. The number of thiazole rings is 2. The van der Waals surface area contributed by atoms with E-state index in [1.165, 1.54) is 9.75 Å². The Morgan fingerprint density at radius 1 is 0.730 bits per heavy atom. The van der Waals surface area contributed by atoms with Crippen molar-refractivity contribution in [1.29, 1.82) is 0 Å². The largest absolute Gasteiger partial charge is 0.493 e. The lowest BCUT2D eigenvalue weighted by molar-refractivity contribution is 0.0139. The quantitative estimate of drug-likeness (QED) is 0.117. The van der Waals surface area contributed by atoms with Gasteiger partial charge in [0.1, 0.15) is 5.60 Å². The van der Waals surface area contributed by atoms with Crippen LogP contribution >= 0.6 is 22.7 Å². The van der Waals surface area contributed by atoms with Crippen LogP contribution in [0.25, 0.3) is 32.4 Å². The highest BCUT2D eigenvalue weighted by molar-refractivity contribution is 7.17. The van der Waals surface area contributed by atoms with Crippen LogP contribution in [-0.2, 0) is 17.8 Å². The molecule has 15 nitrogen and oxygen atoms in total. The first-order chi connectivity index (χ1) is 30.4. The van der Waals surface area contributed by atoms with E-state index in [1.54, 1.807) is 60.0 Å². The van der Waals surface area contributed by atoms with Gasteiger partial charge < -0.3 is 35.5 Å². The number of fused-ring (bicyclic) bond motifs is 2. The predicted octanol–water partition coefficient (Wildman–Crippen LogP) is 7.44. The zero-order valence-electron chi connectivity index (χ0n) is 36.3. The molecular formula is C46H54N10O5S2. The summed E-state index contributed by atoms with van der Waals surface area (Å²) < 4.78 is 20.2. The number of aromatic nitrogens is 4. The zero-order valence-corrected chi connectivity index (χ0v) is 37.9. The Morgan fingerprint density at radius 3 is 1.89 bits per heavy atom. The summed E-state index contributed by atoms with van der Waals surface area (Å²) in [6.45, 7) is 14.8. The molecule has 6 heterocycles. The molecule has 2 fully saturated rings. The Hall–Kier alpha value is -5.98. The van der Waals surface area contributed by atoms with Gasteiger partial charge in [-0.15, -0.1) is 0 Å². The Balaban J connectivity index is 0.000000175. The van der Waals surface area contributed by atoms with Crippen LogP contribution in [0.3, 0.4) is 0 Å². The van der Waals surface area contributed by atoms with Crippen molar-refractivity contribution in [1.82, 2.24) is 38.8 Å². The topological polar surface area (TPSA) is 156 Å². The van der Waals surface area contributed by atoms with Crippen LogP contribution in [0.4, 0.5) is 16.2 Å². The summed E-state index contributed by atoms with van der Waals surface area (Å²) in [5.74, 6) is 0.857. The van der Waals surface area contributed by atoms with E-state index in [1.807, 2.05) is 81.7 Å². The first-order valence-electron chi connectivity index (χ1n) is 21.0. The van der Waals surface area contributed by atoms with Gasteiger partial charge in [-0.25, -0.2) is 14.8 Å². The molecule has 4 aromatic heterocycles. The van der Waals surface area contributed by atoms with Gasteiger partial charge in [0.15, 0.2) is 21.4 Å². The second-order valence-electron chi connectivity index (χ2n) is 16.5. The second kappa shape index (κ2) is 19.2.